The number of carbonyl (C=O) groups excluding carboxylic acids is 1. The van der Waals surface area contributed by atoms with E-state index < -0.39 is 15.1 Å². The lowest BCUT2D eigenvalue weighted by Gasteiger charge is -2.09. The minimum Gasteiger partial charge on any atom is -0.351 e. The van der Waals surface area contributed by atoms with Crippen molar-refractivity contribution in [2.24, 2.45) is 0 Å². The first-order chi connectivity index (χ1) is 9.89. The second-order valence-corrected chi connectivity index (χ2v) is 7.63. The van der Waals surface area contributed by atoms with Crippen molar-refractivity contribution < 1.29 is 13.2 Å². The van der Waals surface area contributed by atoms with Crippen LogP contribution >= 0.6 is 12.4 Å². The lowest BCUT2D eigenvalue weighted by Crippen LogP contribution is -2.32. The van der Waals surface area contributed by atoms with Crippen LogP contribution in [0.15, 0.2) is 29.2 Å². The summed E-state index contributed by atoms with van der Waals surface area (Å²) in [7, 11) is -3.29. The van der Waals surface area contributed by atoms with Gasteiger partial charge in [-0.15, -0.1) is 12.4 Å². The number of carbonyl (C=O) groups is 1. The molecule has 5 nitrogen and oxygen atoms in total. The average Bonchev–Trinajstić information content (AvgIpc) is 2.46. The second kappa shape index (κ2) is 9.82. The molecule has 1 rings (SSSR count). The summed E-state index contributed by atoms with van der Waals surface area (Å²) < 4.78 is 24.0. The predicted octanol–water partition coefficient (Wildman–Crippen LogP) is 2.02. The van der Waals surface area contributed by atoms with E-state index in [9.17, 15) is 13.2 Å². The van der Waals surface area contributed by atoms with Crippen LogP contribution in [-0.2, 0) is 9.84 Å². The monoisotopic (exact) mass is 348 g/mol. The number of amides is 1. The fourth-order valence-corrected chi connectivity index (χ4v) is 2.80. The van der Waals surface area contributed by atoms with Crippen LogP contribution in [0.5, 0.6) is 0 Å². The molecule has 0 aliphatic heterocycles. The van der Waals surface area contributed by atoms with Crippen molar-refractivity contribution in [1.82, 2.24) is 10.6 Å². The van der Waals surface area contributed by atoms with Gasteiger partial charge in [0.1, 0.15) is 0 Å². The molecule has 0 aromatic heterocycles. The van der Waals surface area contributed by atoms with E-state index in [0.717, 1.165) is 19.5 Å². The number of nitrogens with one attached hydrogen (secondary N) is 2. The first-order valence-electron chi connectivity index (χ1n) is 7.22. The van der Waals surface area contributed by atoms with Crippen molar-refractivity contribution in [3.8, 4) is 0 Å². The standard InChI is InChI=1S/C15H24N2O3S.ClH/c1-4-9-16-10-11-17-15(18)13-5-7-14(8-6-13)21(19,20)12(2)3;/h5-8,12,16H,4,9-11H2,1-3H3,(H,17,18);1H. The summed E-state index contributed by atoms with van der Waals surface area (Å²) in [5.74, 6) is -0.193. The van der Waals surface area contributed by atoms with Gasteiger partial charge < -0.3 is 10.6 Å². The lowest BCUT2D eigenvalue weighted by atomic mass is 10.2. The van der Waals surface area contributed by atoms with Crippen molar-refractivity contribution in [1.29, 1.82) is 0 Å². The zero-order valence-corrected chi connectivity index (χ0v) is 14.9. The molecule has 0 bridgehead atoms. The Hall–Kier alpha value is -1.11. The highest BCUT2D eigenvalue weighted by Gasteiger charge is 2.19. The minimum absolute atomic E-state index is 0. The molecule has 2 N–H and O–H groups in total. The maximum absolute atomic E-state index is 12.0. The largest absolute Gasteiger partial charge is 0.351 e. The molecule has 22 heavy (non-hydrogen) atoms. The van der Waals surface area contributed by atoms with Crippen LogP contribution in [0.1, 0.15) is 37.6 Å². The van der Waals surface area contributed by atoms with E-state index in [-0.39, 0.29) is 23.2 Å². The first kappa shape index (κ1) is 20.9. The fourth-order valence-electron chi connectivity index (χ4n) is 1.74. The quantitative estimate of drug-likeness (QED) is 0.705. The highest BCUT2D eigenvalue weighted by Crippen LogP contribution is 2.16. The molecule has 0 unspecified atom stereocenters. The molecule has 0 spiro atoms. The zero-order valence-electron chi connectivity index (χ0n) is 13.3. The Bertz CT molecular complexity index is 557. The molecule has 0 radical (unpaired) electrons. The smallest absolute Gasteiger partial charge is 0.251 e. The van der Waals surface area contributed by atoms with Crippen LogP contribution in [-0.4, -0.2) is 39.2 Å². The fraction of sp³-hybridized carbons (Fsp3) is 0.533. The number of hydrogen-bond acceptors (Lipinski definition) is 4. The van der Waals surface area contributed by atoms with Crippen LogP contribution in [0.2, 0.25) is 0 Å². The maximum atomic E-state index is 12.0. The van der Waals surface area contributed by atoms with Gasteiger partial charge in [-0.3, -0.25) is 4.79 Å². The molecule has 7 heteroatoms. The van der Waals surface area contributed by atoms with Crippen molar-refractivity contribution in [3.63, 3.8) is 0 Å². The van der Waals surface area contributed by atoms with Gasteiger partial charge in [-0.05, 0) is 51.1 Å². The summed E-state index contributed by atoms with van der Waals surface area (Å²) in [5, 5.41) is 5.51. The second-order valence-electron chi connectivity index (χ2n) is 5.12. The SMILES string of the molecule is CCCNCCNC(=O)c1ccc(S(=O)(=O)C(C)C)cc1.Cl. The van der Waals surface area contributed by atoms with Crippen LogP contribution in [0.3, 0.4) is 0 Å². The van der Waals surface area contributed by atoms with Gasteiger partial charge in [0.15, 0.2) is 9.84 Å². The van der Waals surface area contributed by atoms with Crippen molar-refractivity contribution in [2.75, 3.05) is 19.6 Å². The Morgan fingerprint density at radius 1 is 1.09 bits per heavy atom. The molecular formula is C15H25ClN2O3S. The van der Waals surface area contributed by atoms with Crippen LogP contribution in [0.4, 0.5) is 0 Å². The van der Waals surface area contributed by atoms with E-state index in [4.69, 9.17) is 0 Å². The lowest BCUT2D eigenvalue weighted by molar-refractivity contribution is 0.0954. The summed E-state index contributed by atoms with van der Waals surface area (Å²) in [6.07, 6.45) is 1.06. The summed E-state index contributed by atoms with van der Waals surface area (Å²) in [6, 6.07) is 6.06. The Labute approximate surface area is 139 Å². The van der Waals surface area contributed by atoms with E-state index in [2.05, 4.69) is 17.6 Å². The van der Waals surface area contributed by atoms with Crippen LogP contribution in [0, 0.1) is 0 Å². The summed E-state index contributed by atoms with van der Waals surface area (Å²) >= 11 is 0. The van der Waals surface area contributed by atoms with Gasteiger partial charge in [0, 0.05) is 18.7 Å². The molecule has 0 fully saturated rings. The maximum Gasteiger partial charge on any atom is 0.251 e. The Kier molecular flexibility index (Phi) is 9.32. The zero-order chi connectivity index (χ0) is 15.9. The first-order valence-corrected chi connectivity index (χ1v) is 8.77. The molecule has 0 saturated carbocycles. The molecule has 1 aromatic carbocycles. The number of hydrogen-bond donors (Lipinski definition) is 2. The Morgan fingerprint density at radius 3 is 2.18 bits per heavy atom. The van der Waals surface area contributed by atoms with Gasteiger partial charge in [0.2, 0.25) is 0 Å². The summed E-state index contributed by atoms with van der Waals surface area (Å²) in [4.78, 5) is 12.1. The van der Waals surface area contributed by atoms with Gasteiger partial charge in [-0.25, -0.2) is 8.42 Å². The van der Waals surface area contributed by atoms with Crippen molar-refractivity contribution in [2.45, 2.75) is 37.3 Å². The highest BCUT2D eigenvalue weighted by atomic mass is 35.5. The molecule has 126 valence electrons. The summed E-state index contributed by atoms with van der Waals surface area (Å²) in [6.45, 7) is 7.55. The Morgan fingerprint density at radius 2 is 1.68 bits per heavy atom. The third kappa shape index (κ3) is 5.94. The van der Waals surface area contributed by atoms with Gasteiger partial charge in [0.05, 0.1) is 10.1 Å². The normalized spacial score (nSPS) is 11.1. The van der Waals surface area contributed by atoms with E-state index in [1.54, 1.807) is 26.0 Å². The molecule has 0 aliphatic carbocycles. The van der Waals surface area contributed by atoms with Crippen molar-refractivity contribution >= 4 is 28.2 Å². The topological polar surface area (TPSA) is 75.3 Å². The third-order valence-electron chi connectivity index (χ3n) is 3.08. The van der Waals surface area contributed by atoms with Gasteiger partial charge in [0.25, 0.3) is 5.91 Å². The highest BCUT2D eigenvalue weighted by molar-refractivity contribution is 7.92. The number of sulfone groups is 1. The van der Waals surface area contributed by atoms with E-state index in [0.29, 0.717) is 12.1 Å². The van der Waals surface area contributed by atoms with Crippen LogP contribution in [0.25, 0.3) is 0 Å². The molecule has 0 heterocycles. The van der Waals surface area contributed by atoms with Crippen molar-refractivity contribution in [3.05, 3.63) is 29.8 Å². The van der Waals surface area contributed by atoms with E-state index in [1.807, 2.05) is 0 Å². The average molecular weight is 349 g/mol. The number of benzene rings is 1. The molecule has 1 amide bonds. The van der Waals surface area contributed by atoms with E-state index >= 15 is 0 Å². The molecular weight excluding hydrogens is 324 g/mol. The number of rotatable bonds is 8. The van der Waals surface area contributed by atoms with E-state index in [1.165, 1.54) is 12.1 Å². The molecule has 0 aliphatic rings. The van der Waals surface area contributed by atoms with Gasteiger partial charge >= 0.3 is 0 Å². The van der Waals surface area contributed by atoms with Crippen LogP contribution < -0.4 is 10.6 Å². The molecule has 0 saturated heterocycles. The minimum atomic E-state index is -3.29. The number of halogens is 1. The summed E-state index contributed by atoms with van der Waals surface area (Å²) in [5.41, 5.74) is 0.466. The molecule has 0 atom stereocenters. The van der Waals surface area contributed by atoms with Gasteiger partial charge in [-0.2, -0.15) is 0 Å². The molecule has 1 aromatic rings. The third-order valence-corrected chi connectivity index (χ3v) is 5.25. The predicted molar refractivity (Wildman–Crippen MR) is 91.5 cm³/mol. The van der Waals surface area contributed by atoms with Gasteiger partial charge in [-0.1, -0.05) is 6.92 Å². The Balaban J connectivity index is 0.00000441.